The Kier molecular flexibility index (Phi) is 3.54. The van der Waals surface area contributed by atoms with Crippen LogP contribution in [0.1, 0.15) is 43.2 Å². The van der Waals surface area contributed by atoms with Crippen molar-refractivity contribution in [2.24, 2.45) is 0 Å². The maximum atomic E-state index is 9.73. The van der Waals surface area contributed by atoms with Crippen LogP contribution in [0.25, 0.3) is 0 Å². The zero-order valence-corrected chi connectivity index (χ0v) is 11.2. The highest BCUT2D eigenvalue weighted by Crippen LogP contribution is 2.32. The standard InChI is InChI=1S/C16H20N2O/c17-11-16(18-14-7-2-1-3-8-14)12-19-10-13-6-4-5-9-15(13)16/h4-6,9,14,18H,1-3,7-8,10,12H2. The van der Waals surface area contributed by atoms with Crippen LogP contribution in [-0.2, 0) is 16.9 Å². The van der Waals surface area contributed by atoms with Crippen LogP contribution >= 0.6 is 0 Å². The summed E-state index contributed by atoms with van der Waals surface area (Å²) in [6.07, 6.45) is 6.20. The molecule has 1 heterocycles. The molecular formula is C16H20N2O. The van der Waals surface area contributed by atoms with Gasteiger partial charge in [0.1, 0.15) is 0 Å². The van der Waals surface area contributed by atoms with Gasteiger partial charge in [-0.15, -0.1) is 0 Å². The number of nitriles is 1. The molecule has 1 aromatic carbocycles. The van der Waals surface area contributed by atoms with Crippen LogP contribution in [0.5, 0.6) is 0 Å². The van der Waals surface area contributed by atoms with Gasteiger partial charge in [0, 0.05) is 6.04 Å². The van der Waals surface area contributed by atoms with Gasteiger partial charge in [0.05, 0.1) is 19.3 Å². The maximum absolute atomic E-state index is 9.73. The molecule has 3 rings (SSSR count). The molecule has 0 amide bonds. The molecule has 1 N–H and O–H groups in total. The highest BCUT2D eigenvalue weighted by molar-refractivity contribution is 5.40. The van der Waals surface area contributed by atoms with Gasteiger partial charge in [-0.2, -0.15) is 5.26 Å². The molecule has 1 fully saturated rings. The monoisotopic (exact) mass is 256 g/mol. The fraction of sp³-hybridized carbons (Fsp3) is 0.562. The lowest BCUT2D eigenvalue weighted by Gasteiger charge is -2.38. The van der Waals surface area contributed by atoms with Gasteiger partial charge in [0.25, 0.3) is 0 Å². The number of ether oxygens (including phenoxy) is 1. The Balaban J connectivity index is 1.89. The minimum atomic E-state index is -0.656. The average Bonchev–Trinajstić information content (AvgIpc) is 2.49. The highest BCUT2D eigenvalue weighted by Gasteiger charge is 2.39. The molecule has 1 unspecified atom stereocenters. The number of hydrogen-bond donors (Lipinski definition) is 1. The van der Waals surface area contributed by atoms with Gasteiger partial charge in [-0.05, 0) is 24.0 Å². The van der Waals surface area contributed by atoms with E-state index in [4.69, 9.17) is 4.74 Å². The maximum Gasteiger partial charge on any atom is 0.156 e. The predicted molar refractivity (Wildman–Crippen MR) is 73.4 cm³/mol. The largest absolute Gasteiger partial charge is 0.373 e. The molecule has 1 aliphatic heterocycles. The second kappa shape index (κ2) is 5.32. The number of benzene rings is 1. The highest BCUT2D eigenvalue weighted by atomic mass is 16.5. The van der Waals surface area contributed by atoms with E-state index < -0.39 is 5.54 Å². The Bertz CT molecular complexity index is 488. The average molecular weight is 256 g/mol. The summed E-state index contributed by atoms with van der Waals surface area (Å²) in [5.74, 6) is 0. The summed E-state index contributed by atoms with van der Waals surface area (Å²) < 4.78 is 5.66. The third-order valence-corrected chi connectivity index (χ3v) is 4.30. The molecule has 0 radical (unpaired) electrons. The lowest BCUT2D eigenvalue weighted by molar-refractivity contribution is 0.0510. The molecule has 3 nitrogen and oxygen atoms in total. The molecule has 0 bridgehead atoms. The van der Waals surface area contributed by atoms with Crippen molar-refractivity contribution in [3.05, 3.63) is 35.4 Å². The lowest BCUT2D eigenvalue weighted by Crippen LogP contribution is -2.52. The molecule has 0 spiro atoms. The molecular weight excluding hydrogens is 236 g/mol. The van der Waals surface area contributed by atoms with Crippen LogP contribution in [0.3, 0.4) is 0 Å². The first-order chi connectivity index (χ1) is 9.34. The van der Waals surface area contributed by atoms with Gasteiger partial charge in [-0.25, -0.2) is 0 Å². The van der Waals surface area contributed by atoms with E-state index in [0.717, 1.165) is 11.1 Å². The zero-order chi connectivity index (χ0) is 13.1. The van der Waals surface area contributed by atoms with Crippen molar-refractivity contribution in [2.75, 3.05) is 6.61 Å². The second-order valence-electron chi connectivity index (χ2n) is 5.65. The van der Waals surface area contributed by atoms with E-state index in [-0.39, 0.29) is 0 Å². The van der Waals surface area contributed by atoms with E-state index >= 15 is 0 Å². The van der Waals surface area contributed by atoms with Crippen molar-refractivity contribution in [3.8, 4) is 6.07 Å². The molecule has 1 aliphatic carbocycles. The van der Waals surface area contributed by atoms with Crippen molar-refractivity contribution in [3.63, 3.8) is 0 Å². The van der Waals surface area contributed by atoms with Gasteiger partial charge in [-0.3, -0.25) is 5.32 Å². The van der Waals surface area contributed by atoms with Crippen LogP contribution in [-0.4, -0.2) is 12.6 Å². The third kappa shape index (κ3) is 2.39. The van der Waals surface area contributed by atoms with Gasteiger partial charge >= 0.3 is 0 Å². The van der Waals surface area contributed by atoms with Crippen molar-refractivity contribution in [1.82, 2.24) is 5.32 Å². The van der Waals surface area contributed by atoms with Crippen LogP contribution < -0.4 is 5.32 Å². The SMILES string of the molecule is N#CC1(NC2CCCCC2)COCc2ccccc21. The fourth-order valence-corrected chi connectivity index (χ4v) is 3.29. The number of nitrogens with zero attached hydrogens (tertiary/aromatic N) is 1. The smallest absolute Gasteiger partial charge is 0.156 e. The van der Waals surface area contributed by atoms with Crippen LogP contribution in [0.15, 0.2) is 24.3 Å². The summed E-state index contributed by atoms with van der Waals surface area (Å²) in [7, 11) is 0. The van der Waals surface area contributed by atoms with Gasteiger partial charge in [0.2, 0.25) is 0 Å². The van der Waals surface area contributed by atoms with E-state index in [0.29, 0.717) is 19.3 Å². The van der Waals surface area contributed by atoms with Crippen molar-refractivity contribution in [1.29, 1.82) is 5.26 Å². The van der Waals surface area contributed by atoms with Crippen molar-refractivity contribution in [2.45, 2.75) is 50.3 Å². The predicted octanol–water partition coefficient (Wildman–Crippen LogP) is 2.86. The fourth-order valence-electron chi connectivity index (χ4n) is 3.29. The number of fused-ring (bicyclic) bond motifs is 1. The van der Waals surface area contributed by atoms with Crippen LogP contribution in [0.2, 0.25) is 0 Å². The Morgan fingerprint density at radius 2 is 2.00 bits per heavy atom. The Labute approximate surface area is 114 Å². The van der Waals surface area contributed by atoms with Gasteiger partial charge in [0.15, 0.2) is 5.54 Å². The molecule has 100 valence electrons. The second-order valence-corrected chi connectivity index (χ2v) is 5.65. The van der Waals surface area contributed by atoms with Crippen molar-refractivity contribution >= 4 is 0 Å². The third-order valence-electron chi connectivity index (χ3n) is 4.30. The van der Waals surface area contributed by atoms with Crippen LogP contribution in [0.4, 0.5) is 0 Å². The minimum absolute atomic E-state index is 0.447. The Morgan fingerprint density at radius 1 is 1.21 bits per heavy atom. The van der Waals surface area contributed by atoms with Gasteiger partial charge < -0.3 is 4.74 Å². The summed E-state index contributed by atoms with van der Waals surface area (Å²) in [4.78, 5) is 0. The number of hydrogen-bond acceptors (Lipinski definition) is 3. The lowest BCUT2D eigenvalue weighted by atomic mass is 9.84. The molecule has 0 saturated heterocycles. The van der Waals surface area contributed by atoms with Crippen LogP contribution in [0, 0.1) is 11.3 Å². The molecule has 3 heteroatoms. The van der Waals surface area contributed by atoms with E-state index in [1.807, 2.05) is 12.1 Å². The normalized spacial score (nSPS) is 27.5. The summed E-state index contributed by atoms with van der Waals surface area (Å²) in [5.41, 5.74) is 1.59. The zero-order valence-electron chi connectivity index (χ0n) is 11.2. The molecule has 2 aliphatic rings. The minimum Gasteiger partial charge on any atom is -0.373 e. The summed E-state index contributed by atoms with van der Waals surface area (Å²) in [6.45, 7) is 1.07. The molecule has 1 saturated carbocycles. The first-order valence-corrected chi connectivity index (χ1v) is 7.19. The quantitative estimate of drug-likeness (QED) is 0.885. The van der Waals surface area contributed by atoms with Crippen molar-refractivity contribution < 1.29 is 4.74 Å². The van der Waals surface area contributed by atoms with E-state index in [1.54, 1.807) is 0 Å². The van der Waals surface area contributed by atoms with E-state index in [1.165, 1.54) is 32.1 Å². The summed E-state index contributed by atoms with van der Waals surface area (Å²) >= 11 is 0. The Hall–Kier alpha value is -1.37. The summed E-state index contributed by atoms with van der Waals surface area (Å²) in [5, 5.41) is 13.3. The van der Waals surface area contributed by atoms with E-state index in [2.05, 4.69) is 23.5 Å². The topological polar surface area (TPSA) is 45.0 Å². The molecule has 1 atom stereocenters. The first kappa shape index (κ1) is 12.7. The number of rotatable bonds is 2. The first-order valence-electron chi connectivity index (χ1n) is 7.19. The molecule has 0 aromatic heterocycles. The Morgan fingerprint density at radius 3 is 2.79 bits per heavy atom. The van der Waals surface area contributed by atoms with Gasteiger partial charge in [-0.1, -0.05) is 43.5 Å². The summed E-state index contributed by atoms with van der Waals surface area (Å²) in [6, 6.07) is 11.1. The molecule has 1 aromatic rings. The number of nitrogens with one attached hydrogen (secondary N) is 1. The van der Waals surface area contributed by atoms with E-state index in [9.17, 15) is 5.26 Å². The molecule has 19 heavy (non-hydrogen) atoms.